The van der Waals surface area contributed by atoms with E-state index in [1.807, 2.05) is 18.7 Å². The van der Waals surface area contributed by atoms with Crippen molar-refractivity contribution in [3.05, 3.63) is 62.2 Å². The highest BCUT2D eigenvalue weighted by Crippen LogP contribution is 2.16. The molecule has 0 atom stereocenters. The molecule has 3 heterocycles. The molecule has 0 unspecified atom stereocenters. The lowest BCUT2D eigenvalue weighted by Crippen LogP contribution is -3.10. The lowest BCUT2D eigenvalue weighted by atomic mass is 10.1. The van der Waals surface area contributed by atoms with Crippen LogP contribution in [-0.2, 0) is 6.42 Å². The average Bonchev–Trinajstić information content (AvgIpc) is 2.85. The number of fused-ring (bicyclic) bond motifs is 1. The molecule has 1 aliphatic heterocycles. The molecule has 1 aliphatic rings. The Morgan fingerprint density at radius 3 is 2.67 bits per heavy atom. The summed E-state index contributed by atoms with van der Waals surface area (Å²) in [6.45, 7) is 6.41. The Morgan fingerprint density at radius 1 is 1.19 bits per heavy atom. The molecule has 2 aromatic heterocycles. The number of quaternary nitrogens is 1. The Morgan fingerprint density at radius 2 is 1.97 bits per heavy atom. The average molecular weight is 503 g/mol. The van der Waals surface area contributed by atoms with E-state index in [0.717, 1.165) is 30.2 Å². The number of nitrogens with one attached hydrogen (secondary N) is 2. The molecular weight excluding hydrogens is 472 g/mol. The number of nitrogens with zero attached hydrogens (tertiary/aromatic N) is 3. The first-order valence-electron chi connectivity index (χ1n) is 12.3. The van der Waals surface area contributed by atoms with Crippen molar-refractivity contribution in [1.82, 2.24) is 14.9 Å². The van der Waals surface area contributed by atoms with E-state index in [1.165, 1.54) is 18.2 Å². The predicted molar refractivity (Wildman–Crippen MR) is 131 cm³/mol. The maximum Gasteiger partial charge on any atom is 0.337 e. The van der Waals surface area contributed by atoms with Crippen molar-refractivity contribution >= 4 is 22.6 Å². The van der Waals surface area contributed by atoms with Gasteiger partial charge in [-0.2, -0.15) is 4.98 Å². The fourth-order valence-electron chi connectivity index (χ4n) is 4.40. The van der Waals surface area contributed by atoms with E-state index in [0.29, 0.717) is 56.1 Å². The Labute approximate surface area is 206 Å². The van der Waals surface area contributed by atoms with Crippen molar-refractivity contribution in [2.24, 2.45) is 5.16 Å². The summed E-state index contributed by atoms with van der Waals surface area (Å²) in [6.07, 6.45) is 3.73. The molecule has 0 amide bonds. The molecule has 2 N–H and O–H groups in total. The van der Waals surface area contributed by atoms with Crippen LogP contribution in [0.2, 0.25) is 0 Å². The molecule has 1 fully saturated rings. The van der Waals surface area contributed by atoms with Crippen LogP contribution in [0.15, 0.2) is 43.4 Å². The molecule has 3 aromatic rings. The number of aryl methyl sites for hydroxylation is 1. The van der Waals surface area contributed by atoms with Gasteiger partial charge in [0.25, 0.3) is 5.56 Å². The lowest BCUT2D eigenvalue weighted by molar-refractivity contribution is -0.838. The van der Waals surface area contributed by atoms with Crippen molar-refractivity contribution in [2.45, 2.75) is 46.0 Å². The number of halogens is 2. The summed E-state index contributed by atoms with van der Waals surface area (Å²) in [5, 5.41) is 4.47. The molecule has 192 valence electrons. The zero-order valence-electron chi connectivity index (χ0n) is 20.4. The SMILES string of the molecule is CCCCc1cc(=O)oc2nc(O/N=C(\CCC)N3CC[NH+](c4ccc(F)cc4F)CC3)[nH]c(=O)c12. The van der Waals surface area contributed by atoms with Gasteiger partial charge < -0.3 is 14.2 Å². The van der Waals surface area contributed by atoms with Crippen molar-refractivity contribution in [2.75, 3.05) is 26.2 Å². The van der Waals surface area contributed by atoms with E-state index in [-0.39, 0.29) is 17.1 Å². The number of rotatable bonds is 8. The summed E-state index contributed by atoms with van der Waals surface area (Å²) in [5.74, 6) is -0.488. The highest BCUT2D eigenvalue weighted by Gasteiger charge is 2.26. The quantitative estimate of drug-likeness (QED) is 0.279. The molecule has 11 heteroatoms. The van der Waals surface area contributed by atoms with Gasteiger partial charge in [-0.3, -0.25) is 14.7 Å². The molecule has 9 nitrogen and oxygen atoms in total. The molecular formula is C25H30F2N5O4+. The molecule has 1 saturated heterocycles. The van der Waals surface area contributed by atoms with Crippen LogP contribution in [0.1, 0.15) is 45.1 Å². The van der Waals surface area contributed by atoms with Gasteiger partial charge in [-0.1, -0.05) is 25.4 Å². The van der Waals surface area contributed by atoms with Gasteiger partial charge in [-0.15, -0.1) is 0 Å². The smallest absolute Gasteiger partial charge is 0.337 e. The minimum atomic E-state index is -0.597. The van der Waals surface area contributed by atoms with Crippen LogP contribution in [0.4, 0.5) is 14.5 Å². The molecule has 0 bridgehead atoms. The minimum Gasteiger partial charge on any atom is -0.403 e. The second-order valence-electron chi connectivity index (χ2n) is 8.81. The van der Waals surface area contributed by atoms with Crippen LogP contribution >= 0.6 is 0 Å². The number of hydrogen-bond donors (Lipinski definition) is 2. The largest absolute Gasteiger partial charge is 0.403 e. The summed E-state index contributed by atoms with van der Waals surface area (Å²) in [7, 11) is 0. The van der Waals surface area contributed by atoms with Crippen LogP contribution in [0, 0.1) is 11.6 Å². The van der Waals surface area contributed by atoms with Crippen molar-refractivity contribution in [3.63, 3.8) is 0 Å². The van der Waals surface area contributed by atoms with Gasteiger partial charge in [0.1, 0.15) is 17.0 Å². The number of aromatic amines is 1. The van der Waals surface area contributed by atoms with Gasteiger partial charge in [0, 0.05) is 24.6 Å². The fourth-order valence-corrected chi connectivity index (χ4v) is 4.40. The van der Waals surface area contributed by atoms with Crippen molar-refractivity contribution in [1.29, 1.82) is 0 Å². The van der Waals surface area contributed by atoms with Gasteiger partial charge in [0.15, 0.2) is 11.5 Å². The fraction of sp³-hybridized carbons (Fsp3) is 0.440. The molecule has 36 heavy (non-hydrogen) atoms. The number of H-pyrrole nitrogens is 1. The topological polar surface area (TPSA) is 105 Å². The number of oxime groups is 1. The van der Waals surface area contributed by atoms with E-state index < -0.39 is 22.8 Å². The van der Waals surface area contributed by atoms with E-state index in [1.54, 1.807) is 0 Å². The molecule has 1 aromatic carbocycles. The van der Waals surface area contributed by atoms with Gasteiger partial charge in [-0.05, 0) is 30.9 Å². The number of aromatic nitrogens is 2. The van der Waals surface area contributed by atoms with Gasteiger partial charge in [0.05, 0.1) is 26.2 Å². The van der Waals surface area contributed by atoms with E-state index in [9.17, 15) is 18.4 Å². The maximum atomic E-state index is 14.2. The molecule has 0 radical (unpaired) electrons. The van der Waals surface area contributed by atoms with Crippen LogP contribution < -0.4 is 20.9 Å². The van der Waals surface area contributed by atoms with Crippen LogP contribution in [-0.4, -0.2) is 46.9 Å². The second-order valence-corrected chi connectivity index (χ2v) is 8.81. The highest BCUT2D eigenvalue weighted by molar-refractivity contribution is 5.82. The summed E-state index contributed by atoms with van der Waals surface area (Å²) in [6, 6.07) is 4.80. The number of hydrogen-bond acceptors (Lipinski definition) is 6. The summed E-state index contributed by atoms with van der Waals surface area (Å²) >= 11 is 0. The zero-order chi connectivity index (χ0) is 25.7. The molecule has 4 rings (SSSR count). The normalized spacial score (nSPS) is 15.0. The van der Waals surface area contributed by atoms with Crippen molar-refractivity contribution in [3.8, 4) is 6.01 Å². The second kappa shape index (κ2) is 11.4. The molecule has 0 saturated carbocycles. The third-order valence-corrected chi connectivity index (χ3v) is 6.23. The van der Waals surface area contributed by atoms with E-state index in [4.69, 9.17) is 9.25 Å². The number of unbranched alkanes of at least 4 members (excludes halogenated alkanes) is 1. The maximum absolute atomic E-state index is 14.2. The standard InChI is InChI=1S/C25H29F2N5O4/c1-3-5-7-16-14-21(33)35-24-22(16)23(34)28-25(29-24)36-30-20(6-4-2)32-12-10-31(11-13-32)19-9-8-17(26)15-18(19)27/h8-9,14-15H,3-7,10-13H2,1-2H3,(H,28,29,34)/p+1/b30-20+. The van der Waals surface area contributed by atoms with E-state index in [2.05, 4.69) is 15.1 Å². The number of benzene rings is 1. The first kappa shape index (κ1) is 25.5. The van der Waals surface area contributed by atoms with Crippen LogP contribution in [0.25, 0.3) is 11.1 Å². The van der Waals surface area contributed by atoms with E-state index >= 15 is 0 Å². The lowest BCUT2D eigenvalue weighted by Gasteiger charge is -2.33. The minimum absolute atomic E-state index is 0.0851. The Hall–Kier alpha value is -3.60. The summed E-state index contributed by atoms with van der Waals surface area (Å²) in [4.78, 5) is 39.9. The van der Waals surface area contributed by atoms with Crippen molar-refractivity contribution < 1.29 is 22.9 Å². The first-order chi connectivity index (χ1) is 17.4. The summed E-state index contributed by atoms with van der Waals surface area (Å²) < 4.78 is 32.6. The van der Waals surface area contributed by atoms with Gasteiger partial charge in [0.2, 0.25) is 5.71 Å². The molecule has 0 spiro atoms. The molecule has 0 aliphatic carbocycles. The summed E-state index contributed by atoms with van der Waals surface area (Å²) in [5.41, 5.74) is -0.0879. The van der Waals surface area contributed by atoms with Crippen LogP contribution in [0.3, 0.4) is 0 Å². The Bertz CT molecular complexity index is 1360. The Balaban J connectivity index is 1.51. The first-order valence-corrected chi connectivity index (χ1v) is 12.3. The van der Waals surface area contributed by atoms with Gasteiger partial charge >= 0.3 is 11.6 Å². The van der Waals surface area contributed by atoms with Gasteiger partial charge in [-0.25, -0.2) is 13.6 Å². The monoisotopic (exact) mass is 502 g/mol. The third-order valence-electron chi connectivity index (χ3n) is 6.23. The highest BCUT2D eigenvalue weighted by atomic mass is 19.1. The predicted octanol–water partition coefficient (Wildman–Crippen LogP) is 2.52. The Kier molecular flexibility index (Phi) is 8.09. The third kappa shape index (κ3) is 5.78. The number of amidine groups is 1. The van der Waals surface area contributed by atoms with Crippen LogP contribution in [0.5, 0.6) is 6.01 Å². The number of piperazine rings is 1. The zero-order valence-corrected chi connectivity index (χ0v) is 20.4.